The van der Waals surface area contributed by atoms with Gasteiger partial charge in [0.05, 0.1) is 14.2 Å². The van der Waals surface area contributed by atoms with Gasteiger partial charge in [-0.1, -0.05) is 0 Å². The number of ether oxygens (including phenoxy) is 2. The minimum absolute atomic E-state index is 0.00615. The Kier molecular flexibility index (Phi) is 7.90. The molecule has 0 saturated heterocycles. The second kappa shape index (κ2) is 8.86. The highest BCUT2D eigenvalue weighted by Crippen LogP contribution is 2.08. The maximum Gasteiger partial charge on any atom is 0.317 e. The summed E-state index contributed by atoms with van der Waals surface area (Å²) in [6.45, 7) is 2.55. The topological polar surface area (TPSA) is 86.7 Å². The zero-order valence-electron chi connectivity index (χ0n) is 12.0. The molecule has 0 aromatic heterocycles. The van der Waals surface area contributed by atoms with Gasteiger partial charge in [-0.3, -0.25) is 19.2 Å². The summed E-state index contributed by atoms with van der Waals surface area (Å²) in [6, 6.07) is 0. The van der Waals surface area contributed by atoms with Crippen molar-refractivity contribution in [3.63, 3.8) is 0 Å². The van der Waals surface area contributed by atoms with Gasteiger partial charge < -0.3 is 9.47 Å². The van der Waals surface area contributed by atoms with Crippen LogP contribution < -0.4 is 0 Å². The number of rotatable bonds is 6. The van der Waals surface area contributed by atoms with E-state index in [-0.39, 0.29) is 24.4 Å². The average Bonchev–Trinajstić information content (AvgIpc) is 2.40. The summed E-state index contributed by atoms with van der Waals surface area (Å²) in [5.74, 6) is 1.35. The fourth-order valence-corrected chi connectivity index (χ4v) is 1.42. The van der Waals surface area contributed by atoms with E-state index in [1.807, 2.05) is 0 Å². The van der Waals surface area contributed by atoms with Gasteiger partial charge in [-0.05, 0) is 13.8 Å². The first-order valence-corrected chi connectivity index (χ1v) is 5.97. The third-order valence-electron chi connectivity index (χ3n) is 2.69. The summed E-state index contributed by atoms with van der Waals surface area (Å²) in [6.07, 6.45) is -0.0123. The zero-order chi connectivity index (χ0) is 15.7. The fraction of sp³-hybridized carbons (Fsp3) is 0.571. The van der Waals surface area contributed by atoms with Gasteiger partial charge in [0, 0.05) is 12.8 Å². The molecule has 0 aliphatic carbocycles. The molecule has 0 fully saturated rings. The minimum Gasteiger partial charge on any atom is -0.468 e. The normalized spacial score (nSPS) is 12.4. The lowest BCUT2D eigenvalue weighted by molar-refractivity contribution is -0.150. The fourth-order valence-electron chi connectivity index (χ4n) is 1.42. The lowest BCUT2D eigenvalue weighted by Gasteiger charge is -2.08. The Bertz CT molecular complexity index is 414. The summed E-state index contributed by atoms with van der Waals surface area (Å²) in [4.78, 5) is 45.1. The first-order valence-electron chi connectivity index (χ1n) is 5.97. The second-order valence-electron chi connectivity index (χ2n) is 4.13. The Labute approximate surface area is 117 Å². The third kappa shape index (κ3) is 5.65. The van der Waals surface area contributed by atoms with Gasteiger partial charge in [-0.25, -0.2) is 0 Å². The van der Waals surface area contributed by atoms with Gasteiger partial charge in [0.25, 0.3) is 0 Å². The second-order valence-corrected chi connectivity index (χ2v) is 4.13. The molecule has 0 aromatic carbocycles. The molecule has 20 heavy (non-hydrogen) atoms. The predicted molar refractivity (Wildman–Crippen MR) is 69.4 cm³/mol. The first kappa shape index (κ1) is 17.8. The van der Waals surface area contributed by atoms with Crippen molar-refractivity contribution in [2.24, 2.45) is 11.8 Å². The van der Waals surface area contributed by atoms with Crippen molar-refractivity contribution in [3.8, 4) is 11.8 Å². The number of methoxy groups -OCH3 is 2. The van der Waals surface area contributed by atoms with Crippen LogP contribution in [0.1, 0.15) is 26.7 Å². The van der Waals surface area contributed by atoms with Crippen LogP contribution in [0.15, 0.2) is 0 Å². The molecule has 0 radical (unpaired) electrons. The summed E-state index contributed by atoms with van der Waals surface area (Å²) >= 11 is 0. The molecule has 0 bridgehead atoms. The van der Waals surface area contributed by atoms with Crippen LogP contribution in [-0.2, 0) is 28.7 Å². The molecule has 0 rings (SSSR count). The number of hydrogen-bond acceptors (Lipinski definition) is 6. The van der Waals surface area contributed by atoms with E-state index < -0.39 is 23.8 Å². The first-order chi connectivity index (χ1) is 9.34. The molecule has 2 unspecified atom stereocenters. The van der Waals surface area contributed by atoms with Crippen molar-refractivity contribution in [1.29, 1.82) is 0 Å². The molecule has 0 amide bonds. The minimum atomic E-state index is -0.943. The van der Waals surface area contributed by atoms with Gasteiger partial charge in [-0.15, -0.1) is 11.8 Å². The van der Waals surface area contributed by atoms with Crippen molar-refractivity contribution < 1.29 is 28.7 Å². The largest absolute Gasteiger partial charge is 0.468 e. The van der Waals surface area contributed by atoms with Gasteiger partial charge in [0.2, 0.25) is 0 Å². The van der Waals surface area contributed by atoms with Crippen molar-refractivity contribution in [1.82, 2.24) is 0 Å². The van der Waals surface area contributed by atoms with Crippen molar-refractivity contribution >= 4 is 23.5 Å². The Morgan fingerprint density at radius 1 is 0.800 bits per heavy atom. The summed E-state index contributed by atoms with van der Waals surface area (Å²) in [7, 11) is 2.38. The third-order valence-corrected chi connectivity index (χ3v) is 2.69. The van der Waals surface area contributed by atoms with Crippen molar-refractivity contribution in [3.05, 3.63) is 0 Å². The molecular formula is C14H18O6. The molecule has 0 N–H and O–H groups in total. The summed E-state index contributed by atoms with van der Waals surface area (Å²) in [5.41, 5.74) is 0. The number of hydrogen-bond donors (Lipinski definition) is 0. The molecular weight excluding hydrogens is 264 g/mol. The Balaban J connectivity index is 4.66. The monoisotopic (exact) mass is 282 g/mol. The highest BCUT2D eigenvalue weighted by molar-refractivity contribution is 5.98. The van der Waals surface area contributed by atoms with Crippen LogP contribution >= 0.6 is 0 Å². The van der Waals surface area contributed by atoms with E-state index in [1.54, 1.807) is 0 Å². The summed E-state index contributed by atoms with van der Waals surface area (Å²) < 4.78 is 8.98. The number of esters is 2. The van der Waals surface area contributed by atoms with Crippen LogP contribution in [0.25, 0.3) is 0 Å². The molecule has 0 aromatic rings. The molecule has 0 saturated carbocycles. The Morgan fingerprint density at radius 2 is 1.10 bits per heavy atom. The van der Waals surface area contributed by atoms with Crippen LogP contribution in [0, 0.1) is 23.7 Å². The SMILES string of the molecule is COC(=O)C(CC#CCC(C(C)=O)C(=O)OC)C(C)=O. The van der Waals surface area contributed by atoms with Gasteiger partial charge in [0.1, 0.15) is 23.4 Å². The van der Waals surface area contributed by atoms with Gasteiger partial charge >= 0.3 is 11.9 Å². The van der Waals surface area contributed by atoms with Crippen LogP contribution in [0.2, 0.25) is 0 Å². The van der Waals surface area contributed by atoms with E-state index in [1.165, 1.54) is 28.1 Å². The van der Waals surface area contributed by atoms with Crippen LogP contribution in [0.5, 0.6) is 0 Å². The quantitative estimate of drug-likeness (QED) is 0.401. The van der Waals surface area contributed by atoms with E-state index in [2.05, 4.69) is 21.3 Å². The Hall–Kier alpha value is -2.16. The van der Waals surface area contributed by atoms with Gasteiger partial charge in [0.15, 0.2) is 0 Å². The van der Waals surface area contributed by atoms with Crippen molar-refractivity contribution in [2.45, 2.75) is 26.7 Å². The zero-order valence-corrected chi connectivity index (χ0v) is 12.0. The maximum absolute atomic E-state index is 11.3. The highest BCUT2D eigenvalue weighted by atomic mass is 16.5. The summed E-state index contributed by atoms with van der Waals surface area (Å²) in [5, 5.41) is 0. The lowest BCUT2D eigenvalue weighted by Crippen LogP contribution is -2.23. The number of carbonyl (C=O) groups excluding carboxylic acids is 4. The molecule has 2 atom stereocenters. The maximum atomic E-state index is 11.3. The molecule has 0 aliphatic rings. The van der Waals surface area contributed by atoms with E-state index in [4.69, 9.17) is 0 Å². The molecule has 0 spiro atoms. The standard InChI is InChI=1S/C14H18O6/c1-9(15)11(13(17)19-3)7-5-6-8-12(10(2)16)14(18)20-4/h11-12H,7-8H2,1-4H3. The molecule has 0 aliphatic heterocycles. The van der Waals surface area contributed by atoms with Gasteiger partial charge in [-0.2, -0.15) is 0 Å². The Morgan fingerprint density at radius 3 is 1.30 bits per heavy atom. The highest BCUT2D eigenvalue weighted by Gasteiger charge is 2.24. The average molecular weight is 282 g/mol. The van der Waals surface area contributed by atoms with E-state index in [9.17, 15) is 19.2 Å². The smallest absolute Gasteiger partial charge is 0.317 e. The number of ketones is 2. The number of carbonyl (C=O) groups is 4. The van der Waals surface area contributed by atoms with E-state index in [0.29, 0.717) is 0 Å². The van der Waals surface area contributed by atoms with Crippen molar-refractivity contribution in [2.75, 3.05) is 14.2 Å². The molecule has 0 heterocycles. The van der Waals surface area contributed by atoms with Crippen LogP contribution in [-0.4, -0.2) is 37.7 Å². The van der Waals surface area contributed by atoms with Crippen LogP contribution in [0.3, 0.4) is 0 Å². The lowest BCUT2D eigenvalue weighted by atomic mass is 9.99. The van der Waals surface area contributed by atoms with Crippen LogP contribution in [0.4, 0.5) is 0 Å². The molecule has 6 heteroatoms. The molecule has 6 nitrogen and oxygen atoms in total. The molecule has 110 valence electrons. The number of Topliss-reactive ketones (excluding diaryl/α,β-unsaturated/α-hetero) is 2. The predicted octanol–water partition coefficient (Wildman–Crippen LogP) is 0.526. The van der Waals surface area contributed by atoms with E-state index >= 15 is 0 Å². The van der Waals surface area contributed by atoms with E-state index in [0.717, 1.165) is 0 Å².